The van der Waals surface area contributed by atoms with Crippen LogP contribution >= 0.6 is 0 Å². The number of methoxy groups -OCH3 is 2. The quantitative estimate of drug-likeness (QED) is 0.466. The molecule has 0 radical (unpaired) electrons. The number of rotatable bonds is 5. The summed E-state index contributed by atoms with van der Waals surface area (Å²) in [7, 11) is 2.97. The SMILES string of the molecule is C=CCOC(=O)C1Cc2ccc(OC)c(OC)c2C1=O. The Morgan fingerprint density at radius 2 is 2.15 bits per heavy atom. The van der Waals surface area contributed by atoms with Gasteiger partial charge in [0.1, 0.15) is 12.5 Å². The molecular formula is C15H16O5. The fourth-order valence-electron chi connectivity index (χ4n) is 2.33. The van der Waals surface area contributed by atoms with E-state index in [4.69, 9.17) is 14.2 Å². The van der Waals surface area contributed by atoms with Crippen molar-refractivity contribution in [1.82, 2.24) is 0 Å². The molecule has 1 aliphatic carbocycles. The van der Waals surface area contributed by atoms with E-state index >= 15 is 0 Å². The predicted octanol–water partition coefficient (Wildman–Crippen LogP) is 1.79. The molecule has 0 aromatic heterocycles. The highest BCUT2D eigenvalue weighted by atomic mass is 16.5. The third-order valence-corrected chi connectivity index (χ3v) is 3.25. The van der Waals surface area contributed by atoms with Crippen molar-refractivity contribution < 1.29 is 23.8 Å². The molecule has 0 amide bonds. The van der Waals surface area contributed by atoms with E-state index in [0.29, 0.717) is 23.5 Å². The van der Waals surface area contributed by atoms with Gasteiger partial charge in [0.15, 0.2) is 17.3 Å². The van der Waals surface area contributed by atoms with Crippen molar-refractivity contribution in [3.8, 4) is 11.5 Å². The largest absolute Gasteiger partial charge is 0.493 e. The normalized spacial score (nSPS) is 16.5. The molecule has 0 fully saturated rings. The molecule has 0 heterocycles. The van der Waals surface area contributed by atoms with Crippen molar-refractivity contribution in [1.29, 1.82) is 0 Å². The number of hydrogen-bond acceptors (Lipinski definition) is 5. The van der Waals surface area contributed by atoms with Crippen LogP contribution in [0, 0.1) is 5.92 Å². The van der Waals surface area contributed by atoms with Crippen LogP contribution in [0.2, 0.25) is 0 Å². The number of carbonyl (C=O) groups is 2. The maximum absolute atomic E-state index is 12.4. The van der Waals surface area contributed by atoms with Gasteiger partial charge in [-0.1, -0.05) is 18.7 Å². The summed E-state index contributed by atoms with van der Waals surface area (Å²) in [6.45, 7) is 3.57. The van der Waals surface area contributed by atoms with Crippen LogP contribution in [-0.2, 0) is 16.0 Å². The molecular weight excluding hydrogens is 260 g/mol. The van der Waals surface area contributed by atoms with Gasteiger partial charge in [-0.2, -0.15) is 0 Å². The summed E-state index contributed by atoms with van der Waals surface area (Å²) in [5, 5.41) is 0. The van der Waals surface area contributed by atoms with Gasteiger partial charge in [0, 0.05) is 0 Å². The van der Waals surface area contributed by atoms with E-state index in [1.807, 2.05) is 0 Å². The van der Waals surface area contributed by atoms with Crippen molar-refractivity contribution in [2.75, 3.05) is 20.8 Å². The molecule has 0 aliphatic heterocycles. The Labute approximate surface area is 117 Å². The highest BCUT2D eigenvalue weighted by Gasteiger charge is 2.40. The topological polar surface area (TPSA) is 61.8 Å². The number of carbonyl (C=O) groups excluding carboxylic acids is 2. The lowest BCUT2D eigenvalue weighted by Gasteiger charge is -2.11. The lowest BCUT2D eigenvalue weighted by atomic mass is 10.1. The zero-order chi connectivity index (χ0) is 14.7. The first-order chi connectivity index (χ1) is 9.63. The van der Waals surface area contributed by atoms with Crippen LogP contribution in [0.4, 0.5) is 0 Å². The second kappa shape index (κ2) is 5.77. The maximum atomic E-state index is 12.4. The van der Waals surface area contributed by atoms with Gasteiger partial charge >= 0.3 is 5.97 Å². The predicted molar refractivity (Wildman–Crippen MR) is 72.2 cm³/mol. The molecule has 0 saturated heterocycles. The summed E-state index contributed by atoms with van der Waals surface area (Å²) in [6, 6.07) is 3.50. The minimum absolute atomic E-state index is 0.0966. The molecule has 0 spiro atoms. The van der Waals surface area contributed by atoms with E-state index in [2.05, 4.69) is 6.58 Å². The van der Waals surface area contributed by atoms with Gasteiger partial charge in [0.05, 0.1) is 19.8 Å². The fourth-order valence-corrected chi connectivity index (χ4v) is 2.33. The van der Waals surface area contributed by atoms with Crippen molar-refractivity contribution in [3.05, 3.63) is 35.9 Å². The van der Waals surface area contributed by atoms with Crippen LogP contribution in [0.25, 0.3) is 0 Å². The van der Waals surface area contributed by atoms with E-state index in [-0.39, 0.29) is 12.4 Å². The van der Waals surface area contributed by atoms with E-state index in [1.165, 1.54) is 20.3 Å². The Bertz CT molecular complexity index is 562. The molecule has 1 aromatic carbocycles. The van der Waals surface area contributed by atoms with E-state index in [1.54, 1.807) is 12.1 Å². The first kappa shape index (κ1) is 14.1. The lowest BCUT2D eigenvalue weighted by molar-refractivity contribution is -0.145. The average Bonchev–Trinajstić information content (AvgIpc) is 2.81. The third kappa shape index (κ3) is 2.27. The summed E-state index contributed by atoms with van der Waals surface area (Å²) in [5.41, 5.74) is 1.18. The number of benzene rings is 1. The lowest BCUT2D eigenvalue weighted by Crippen LogP contribution is -2.23. The Hall–Kier alpha value is -2.30. The van der Waals surface area contributed by atoms with E-state index < -0.39 is 11.9 Å². The minimum atomic E-state index is -0.814. The Morgan fingerprint density at radius 3 is 2.75 bits per heavy atom. The van der Waals surface area contributed by atoms with E-state index in [9.17, 15) is 9.59 Å². The first-order valence-electron chi connectivity index (χ1n) is 6.19. The van der Waals surface area contributed by atoms with Crippen molar-refractivity contribution in [2.45, 2.75) is 6.42 Å². The number of ether oxygens (including phenoxy) is 3. The molecule has 1 aliphatic rings. The maximum Gasteiger partial charge on any atom is 0.317 e. The third-order valence-electron chi connectivity index (χ3n) is 3.25. The first-order valence-corrected chi connectivity index (χ1v) is 6.19. The number of esters is 1. The van der Waals surface area contributed by atoms with Gasteiger partial charge < -0.3 is 14.2 Å². The average molecular weight is 276 g/mol. The molecule has 1 aromatic rings. The van der Waals surface area contributed by atoms with Crippen LogP contribution in [0.3, 0.4) is 0 Å². The van der Waals surface area contributed by atoms with Crippen molar-refractivity contribution in [2.24, 2.45) is 5.92 Å². The monoisotopic (exact) mass is 276 g/mol. The second-order valence-corrected chi connectivity index (χ2v) is 4.37. The van der Waals surface area contributed by atoms with Crippen molar-refractivity contribution in [3.63, 3.8) is 0 Å². The number of fused-ring (bicyclic) bond motifs is 1. The van der Waals surface area contributed by atoms with Crippen molar-refractivity contribution >= 4 is 11.8 Å². The summed E-state index contributed by atoms with van der Waals surface area (Å²) < 4.78 is 15.4. The van der Waals surface area contributed by atoms with Gasteiger partial charge in [-0.25, -0.2) is 0 Å². The fraction of sp³-hybridized carbons (Fsp3) is 0.333. The van der Waals surface area contributed by atoms with Crippen LogP contribution in [0.1, 0.15) is 15.9 Å². The van der Waals surface area contributed by atoms with Gasteiger partial charge in [-0.15, -0.1) is 0 Å². The van der Waals surface area contributed by atoms with Gasteiger partial charge in [-0.3, -0.25) is 9.59 Å². The second-order valence-electron chi connectivity index (χ2n) is 4.37. The van der Waals surface area contributed by atoms with Gasteiger partial charge in [0.2, 0.25) is 0 Å². The summed E-state index contributed by atoms with van der Waals surface area (Å²) in [4.78, 5) is 24.3. The smallest absolute Gasteiger partial charge is 0.317 e. The van der Waals surface area contributed by atoms with Crippen LogP contribution in [0.5, 0.6) is 11.5 Å². The van der Waals surface area contributed by atoms with Crippen LogP contribution in [-0.4, -0.2) is 32.6 Å². The highest BCUT2D eigenvalue weighted by Crippen LogP contribution is 2.40. The summed E-state index contributed by atoms with van der Waals surface area (Å²) in [6.07, 6.45) is 1.79. The molecule has 1 unspecified atom stereocenters. The molecule has 5 heteroatoms. The molecule has 0 bridgehead atoms. The van der Waals surface area contributed by atoms with E-state index in [0.717, 1.165) is 5.56 Å². The molecule has 1 atom stereocenters. The van der Waals surface area contributed by atoms with Crippen LogP contribution in [0.15, 0.2) is 24.8 Å². The molecule has 106 valence electrons. The Balaban J connectivity index is 2.34. The zero-order valence-corrected chi connectivity index (χ0v) is 11.5. The number of Topliss-reactive ketones (excluding diaryl/α,β-unsaturated/α-hetero) is 1. The molecule has 0 saturated carbocycles. The van der Waals surface area contributed by atoms with Gasteiger partial charge in [0.25, 0.3) is 0 Å². The van der Waals surface area contributed by atoms with Crippen LogP contribution < -0.4 is 9.47 Å². The standard InChI is InChI=1S/C15H16O5/c1-4-7-20-15(17)10-8-9-5-6-11(18-2)14(19-3)12(9)13(10)16/h4-6,10H,1,7-8H2,2-3H3. The number of ketones is 1. The minimum Gasteiger partial charge on any atom is -0.493 e. The highest BCUT2D eigenvalue weighted by molar-refractivity contribution is 6.14. The Morgan fingerprint density at radius 1 is 1.40 bits per heavy atom. The molecule has 20 heavy (non-hydrogen) atoms. The zero-order valence-electron chi connectivity index (χ0n) is 11.5. The molecule has 0 N–H and O–H groups in total. The summed E-state index contributed by atoms with van der Waals surface area (Å²) in [5.74, 6) is -0.795. The van der Waals surface area contributed by atoms with Gasteiger partial charge in [-0.05, 0) is 18.1 Å². The molecule has 5 nitrogen and oxygen atoms in total. The molecule has 2 rings (SSSR count). The number of hydrogen-bond donors (Lipinski definition) is 0. The Kier molecular flexibility index (Phi) is 4.08. The summed E-state index contributed by atoms with van der Waals surface area (Å²) >= 11 is 0.